The van der Waals surface area contributed by atoms with Gasteiger partial charge >= 0.3 is 0 Å². The molecule has 1 saturated heterocycles. The van der Waals surface area contributed by atoms with Gasteiger partial charge in [-0.15, -0.1) is 0 Å². The maximum absolute atomic E-state index is 14.5. The van der Waals surface area contributed by atoms with E-state index in [4.69, 9.17) is 28.7 Å². The molecule has 0 radical (unpaired) electrons. The highest BCUT2D eigenvalue weighted by Gasteiger charge is 2.38. The molecule has 1 heterocycles. The van der Waals surface area contributed by atoms with Crippen molar-refractivity contribution in [2.24, 2.45) is 64.2 Å². The summed E-state index contributed by atoms with van der Waals surface area (Å²) in [6, 6.07) is 1.31. The van der Waals surface area contributed by atoms with Crippen molar-refractivity contribution in [3.63, 3.8) is 0 Å². The van der Waals surface area contributed by atoms with Gasteiger partial charge in [0.1, 0.15) is 18.2 Å². The Morgan fingerprint density at radius 3 is 1.71 bits per heavy atom. The van der Waals surface area contributed by atoms with Crippen molar-refractivity contribution < 1.29 is 63.3 Å². The Labute approximate surface area is 458 Å². The van der Waals surface area contributed by atoms with Gasteiger partial charge < -0.3 is 75.9 Å². The first-order chi connectivity index (χ1) is 36.8. The van der Waals surface area contributed by atoms with Crippen LogP contribution in [0.2, 0.25) is 0 Å². The van der Waals surface area contributed by atoms with Crippen LogP contribution in [0.4, 0.5) is 0 Å². The van der Waals surface area contributed by atoms with Crippen LogP contribution >= 0.6 is 0 Å². The molecule has 78 heavy (non-hydrogen) atoms. The molecule has 0 aromatic heterocycles. The van der Waals surface area contributed by atoms with E-state index in [1.54, 1.807) is 30.3 Å². The van der Waals surface area contributed by atoms with Crippen molar-refractivity contribution in [2.45, 2.75) is 173 Å². The minimum Gasteiger partial charge on any atom is -0.393 e. The first kappa shape index (κ1) is 68.5. The molecule has 0 bridgehead atoms. The topological polar surface area (TPSA) is 434 Å². The van der Waals surface area contributed by atoms with Gasteiger partial charge in [-0.3, -0.25) is 47.9 Å². The third-order valence-electron chi connectivity index (χ3n) is 13.8. The van der Waals surface area contributed by atoms with Gasteiger partial charge in [0.15, 0.2) is 23.1 Å². The van der Waals surface area contributed by atoms with E-state index in [-0.39, 0.29) is 89.5 Å². The lowest BCUT2D eigenvalue weighted by molar-refractivity contribution is -0.139. The summed E-state index contributed by atoms with van der Waals surface area (Å²) < 4.78 is 0. The zero-order valence-corrected chi connectivity index (χ0v) is 46.4. The minimum atomic E-state index is -1.64. The fraction of sp³-hybridized carbons (Fsp3) is 0.704. The maximum Gasteiger partial charge on any atom is 0.243 e. The number of amides is 6. The smallest absolute Gasteiger partial charge is 0.243 e. The van der Waals surface area contributed by atoms with Crippen molar-refractivity contribution in [1.29, 1.82) is 0 Å². The van der Waals surface area contributed by atoms with Gasteiger partial charge in [-0.25, -0.2) is 0 Å². The fourth-order valence-corrected chi connectivity index (χ4v) is 9.31. The Morgan fingerprint density at radius 2 is 1.17 bits per heavy atom. The molecule has 6 amide bonds. The molecule has 13 atom stereocenters. The third kappa shape index (κ3) is 23.4. The van der Waals surface area contributed by atoms with Gasteiger partial charge in [-0.05, 0) is 109 Å². The Hall–Kier alpha value is -5.60. The maximum atomic E-state index is 14.5. The van der Waals surface area contributed by atoms with Gasteiger partial charge in [0.05, 0.1) is 42.2 Å². The minimum absolute atomic E-state index is 0.0152. The molecule has 440 valence electrons. The van der Waals surface area contributed by atoms with Gasteiger partial charge in [-0.1, -0.05) is 58.0 Å². The Morgan fingerprint density at radius 1 is 0.641 bits per heavy atom. The predicted octanol–water partition coefficient (Wildman–Crippen LogP) is -2.59. The van der Waals surface area contributed by atoms with E-state index in [1.807, 2.05) is 27.7 Å². The summed E-state index contributed by atoms with van der Waals surface area (Å²) in [5.41, 5.74) is 30.3. The van der Waals surface area contributed by atoms with E-state index in [0.717, 1.165) is 0 Å². The summed E-state index contributed by atoms with van der Waals surface area (Å²) in [4.78, 5) is 140. The van der Waals surface area contributed by atoms with E-state index in [9.17, 15) is 63.3 Å². The van der Waals surface area contributed by atoms with Crippen LogP contribution < -0.4 is 60.6 Å². The largest absolute Gasteiger partial charge is 0.393 e. The number of hydrogen-bond acceptors (Lipinski definition) is 18. The van der Waals surface area contributed by atoms with Crippen LogP contribution in [0.25, 0.3) is 0 Å². The van der Waals surface area contributed by atoms with E-state index in [2.05, 4.69) is 31.9 Å². The lowest BCUT2D eigenvalue weighted by Crippen LogP contribution is -2.57. The van der Waals surface area contributed by atoms with Crippen LogP contribution in [0.15, 0.2) is 30.3 Å². The number of aliphatic hydroxyl groups excluding tert-OH is 3. The Bertz CT molecular complexity index is 2130. The molecule has 1 aromatic rings. The van der Waals surface area contributed by atoms with Crippen molar-refractivity contribution >= 4 is 58.6 Å². The first-order valence-corrected chi connectivity index (χ1v) is 27.3. The molecule has 24 heteroatoms. The molecule has 2 rings (SSSR count). The quantitative estimate of drug-likeness (QED) is 0.0478. The second kappa shape index (κ2) is 35.1. The van der Waals surface area contributed by atoms with E-state index in [1.165, 1.54) is 13.8 Å². The lowest BCUT2D eigenvalue weighted by atomic mass is 9.88. The third-order valence-corrected chi connectivity index (χ3v) is 13.8. The normalized spacial score (nSPS) is 24.4. The highest BCUT2D eigenvalue weighted by atomic mass is 16.3. The Kier molecular flexibility index (Phi) is 30.8. The molecular formula is C54H91N11O13. The molecule has 1 aliphatic heterocycles. The molecule has 2 unspecified atom stereocenters. The highest BCUT2D eigenvalue weighted by molar-refractivity contribution is 5.98. The summed E-state index contributed by atoms with van der Waals surface area (Å²) >= 11 is 0. The molecule has 1 aliphatic rings. The zero-order chi connectivity index (χ0) is 58.8. The van der Waals surface area contributed by atoms with Gasteiger partial charge in [0.2, 0.25) is 35.4 Å². The predicted molar refractivity (Wildman–Crippen MR) is 291 cm³/mol. The monoisotopic (exact) mass is 1100 g/mol. The van der Waals surface area contributed by atoms with Crippen molar-refractivity contribution in [3.05, 3.63) is 35.9 Å². The van der Waals surface area contributed by atoms with Crippen molar-refractivity contribution in [2.75, 3.05) is 32.7 Å². The summed E-state index contributed by atoms with van der Waals surface area (Å²) in [5, 5.41) is 48.0. The van der Waals surface area contributed by atoms with Crippen LogP contribution in [0.5, 0.6) is 0 Å². The Balaban J connectivity index is 2.73. The summed E-state index contributed by atoms with van der Waals surface area (Å²) in [7, 11) is 0. The lowest BCUT2D eigenvalue weighted by Gasteiger charge is -2.28. The van der Waals surface area contributed by atoms with Gasteiger partial charge in [-0.2, -0.15) is 0 Å². The molecule has 0 spiro atoms. The summed E-state index contributed by atoms with van der Waals surface area (Å²) in [6.07, 6.45) is -7.15. The average Bonchev–Trinajstić information content (AvgIpc) is 3.36. The number of hydrogen-bond donors (Lipinski definition) is 14. The number of carbonyl (C=O) groups excluding carboxylic acids is 10. The standard InChI is InChI=1S/C54H91N11O13/c1-29(2)22-38(59)48(72)47(71)28-37(32(6)67)52(76)62-40(13-18-56)44(68)25-34-16-21-60-51(75)36(31(5)66)27-46(70)41(14-19-57)63-53(77)42(15-20-58)64-54(78)43(23-30(3)4)65-50(74)35(24-33-10-8-7-9-11-33)26-45(69)39(12-17-55)61-49(34)73/h7-11,29-32,34-43,48,66-67,72H,12-28,55-59H2,1-6H3,(H,60,75)(H,61,73)(H,62,76)(H,63,77)(H,64,78)(H,65,74)/t31?,32?,34-,35+,36+,37+,38+,39+,40+,41+,42+,43+,48+/m1/s1. The van der Waals surface area contributed by atoms with Crippen LogP contribution in [0.3, 0.4) is 0 Å². The van der Waals surface area contributed by atoms with Crippen LogP contribution in [-0.2, 0) is 54.4 Å². The highest BCUT2D eigenvalue weighted by Crippen LogP contribution is 2.21. The van der Waals surface area contributed by atoms with Crippen molar-refractivity contribution in [1.82, 2.24) is 31.9 Å². The summed E-state index contributed by atoms with van der Waals surface area (Å²) in [6.45, 7) is 9.10. The number of rotatable bonds is 25. The second-order valence-corrected chi connectivity index (χ2v) is 21.5. The second-order valence-electron chi connectivity index (χ2n) is 21.5. The molecule has 19 N–H and O–H groups in total. The average molecular weight is 1100 g/mol. The van der Waals surface area contributed by atoms with Crippen molar-refractivity contribution in [3.8, 4) is 0 Å². The van der Waals surface area contributed by atoms with Gasteiger partial charge in [0, 0.05) is 50.1 Å². The molecule has 0 aliphatic carbocycles. The molecule has 1 aromatic carbocycles. The number of aliphatic hydroxyl groups is 3. The number of ketones is 4. The molecule has 0 saturated carbocycles. The molecule has 24 nitrogen and oxygen atoms in total. The number of carbonyl (C=O) groups is 10. The van der Waals surface area contributed by atoms with E-state index in [0.29, 0.717) is 12.0 Å². The van der Waals surface area contributed by atoms with E-state index < -0.39 is 162 Å². The zero-order valence-electron chi connectivity index (χ0n) is 46.4. The number of benzene rings is 1. The first-order valence-electron chi connectivity index (χ1n) is 27.3. The number of Topliss-reactive ketones (excluding diaryl/α,β-unsaturated/α-hetero) is 4. The SMILES string of the molecule is CC(C)C[C@@H]1NC(=O)[C@@H](Cc2ccccc2)CC(=O)[C@H](CCN)NC(=O)[C@@H](CC(=O)[C@H](CCN)NC(=O)[C@@H](CC(=O)[C@@H](O)[C@@H](N)CC(C)C)C(C)O)CCNC(=O)[C@H](C(C)O)CC(=O)[C@H](CCN)NC(=O)[C@H](CCN)NC1=O. The number of nitrogens with one attached hydrogen (secondary N) is 6. The molecular weight excluding hydrogens is 1010 g/mol. The van der Waals surface area contributed by atoms with E-state index >= 15 is 0 Å². The van der Waals surface area contributed by atoms with Crippen LogP contribution in [0, 0.1) is 35.5 Å². The van der Waals surface area contributed by atoms with Crippen LogP contribution in [0.1, 0.15) is 118 Å². The number of nitrogens with two attached hydrogens (primary N) is 5. The fourth-order valence-electron chi connectivity index (χ4n) is 9.31. The van der Waals surface area contributed by atoms with Gasteiger partial charge in [0.25, 0.3) is 0 Å². The molecule has 1 fully saturated rings. The van der Waals surface area contributed by atoms with Crippen LogP contribution in [-0.4, -0.2) is 161 Å². The summed E-state index contributed by atoms with van der Waals surface area (Å²) in [5.74, 6) is -13.1.